The van der Waals surface area contributed by atoms with Crippen LogP contribution in [0.4, 0.5) is 11.4 Å². The molecule has 1 atom stereocenters. The van der Waals surface area contributed by atoms with E-state index in [0.29, 0.717) is 18.0 Å². The molecule has 1 fully saturated rings. The predicted molar refractivity (Wildman–Crippen MR) is 256 cm³/mol. The van der Waals surface area contributed by atoms with Gasteiger partial charge in [0.05, 0.1) is 26.5 Å². The van der Waals surface area contributed by atoms with E-state index in [0.717, 1.165) is 38.5 Å². The molecule has 6 rings (SSSR count). The summed E-state index contributed by atoms with van der Waals surface area (Å²) in [7, 11) is 2.22. The fraction of sp³-hybridized carbons (Fsp3) is 0.500. The molecule has 1 saturated carbocycles. The highest BCUT2D eigenvalue weighted by atomic mass is 32.1. The zero-order valence-corrected chi connectivity index (χ0v) is 38.5. The molecule has 3 aromatic heterocycles. The van der Waals surface area contributed by atoms with Gasteiger partial charge in [-0.25, -0.2) is 0 Å². The first-order valence-corrected chi connectivity index (χ1v) is 23.2. The Balaban J connectivity index is 0.000000712. The Bertz CT molecular complexity index is 2170. The maximum Gasteiger partial charge on any atom is 0.106 e. The fourth-order valence-corrected chi connectivity index (χ4v) is 10.2. The van der Waals surface area contributed by atoms with Crippen molar-refractivity contribution in [2.24, 2.45) is 11.1 Å². The summed E-state index contributed by atoms with van der Waals surface area (Å²) in [6.07, 6.45) is 18.0. The number of carbonyl (C=O) groups excluding carboxylic acids is 1. The van der Waals surface area contributed by atoms with Crippen LogP contribution in [0.5, 0.6) is 0 Å². The maximum absolute atomic E-state index is 8.00. The van der Waals surface area contributed by atoms with Crippen molar-refractivity contribution in [2.75, 3.05) is 11.9 Å². The number of hydrogen-bond donors (Lipinski definition) is 3. The molecular weight excluding hydrogens is 737 g/mol. The van der Waals surface area contributed by atoms with E-state index in [2.05, 4.69) is 140 Å². The molecule has 310 valence electrons. The van der Waals surface area contributed by atoms with E-state index in [4.69, 9.17) is 10.5 Å². The number of aryl methyl sites for hydroxylation is 2. The van der Waals surface area contributed by atoms with Gasteiger partial charge in [-0.3, -0.25) is 0 Å². The van der Waals surface area contributed by atoms with Crippen molar-refractivity contribution < 1.29 is 4.79 Å². The van der Waals surface area contributed by atoms with Crippen molar-refractivity contribution in [3.05, 3.63) is 85.2 Å². The maximum atomic E-state index is 8.00. The van der Waals surface area contributed by atoms with Crippen LogP contribution in [-0.4, -0.2) is 30.9 Å². The number of nitrogens with two attached hydrogens (primary N) is 1. The van der Waals surface area contributed by atoms with Gasteiger partial charge >= 0.3 is 0 Å². The second-order valence-corrected chi connectivity index (χ2v) is 19.2. The summed E-state index contributed by atoms with van der Waals surface area (Å²) in [6, 6.07) is 17.4. The number of aromatic amines is 1. The highest BCUT2D eigenvalue weighted by Crippen LogP contribution is 2.40. The Morgan fingerprint density at radius 1 is 0.982 bits per heavy atom. The largest absolute Gasteiger partial charge is 0.381 e. The molecule has 4 N–H and O–H groups in total. The van der Waals surface area contributed by atoms with Crippen molar-refractivity contribution in [3.63, 3.8) is 0 Å². The zero-order valence-electron chi connectivity index (χ0n) is 36.9. The number of thiophene rings is 2. The van der Waals surface area contributed by atoms with Gasteiger partial charge in [-0.05, 0) is 116 Å². The molecule has 0 amide bonds. The Morgan fingerprint density at radius 2 is 1.67 bits per heavy atom. The molecule has 0 spiro atoms. The van der Waals surface area contributed by atoms with Gasteiger partial charge in [-0.15, -0.1) is 22.7 Å². The van der Waals surface area contributed by atoms with Gasteiger partial charge in [0.2, 0.25) is 0 Å². The average Bonchev–Trinajstić information content (AvgIpc) is 3.90. The second kappa shape index (κ2) is 21.4. The van der Waals surface area contributed by atoms with Crippen LogP contribution >= 0.6 is 22.7 Å². The molecule has 3 heterocycles. The summed E-state index contributed by atoms with van der Waals surface area (Å²) in [5.74, 6) is 0.584. The fourth-order valence-electron chi connectivity index (χ4n) is 7.84. The molecule has 1 unspecified atom stereocenters. The first-order chi connectivity index (χ1) is 27.3. The van der Waals surface area contributed by atoms with Crippen LogP contribution in [0.15, 0.2) is 49.0 Å². The van der Waals surface area contributed by atoms with Gasteiger partial charge in [0, 0.05) is 50.7 Å². The van der Waals surface area contributed by atoms with E-state index in [1.807, 2.05) is 35.5 Å². The minimum Gasteiger partial charge on any atom is -0.381 e. The van der Waals surface area contributed by atoms with Crippen LogP contribution in [0, 0.1) is 19.3 Å². The number of hydrogen-bond acceptors (Lipinski definition) is 6. The highest BCUT2D eigenvalue weighted by Gasteiger charge is 2.20. The molecule has 7 heteroatoms. The number of nitrogens with zero attached hydrogens (tertiary/aromatic N) is 1. The Labute approximate surface area is 352 Å². The number of carbonyl (C=O) groups is 1. The van der Waals surface area contributed by atoms with Gasteiger partial charge in [0.1, 0.15) is 6.79 Å². The number of nitrogens with one attached hydrogen (secondary N) is 2. The molecule has 5 aromatic rings. The summed E-state index contributed by atoms with van der Waals surface area (Å²) < 4.78 is 1.37. The Kier molecular flexibility index (Phi) is 17.3. The van der Waals surface area contributed by atoms with Crippen LogP contribution in [0.2, 0.25) is 0 Å². The minimum absolute atomic E-state index is 0.128. The molecule has 2 aromatic carbocycles. The van der Waals surface area contributed by atoms with E-state index < -0.39 is 0 Å². The molecule has 0 bridgehead atoms. The van der Waals surface area contributed by atoms with E-state index in [-0.39, 0.29) is 5.41 Å². The third kappa shape index (κ3) is 11.5. The lowest BCUT2D eigenvalue weighted by Gasteiger charge is -2.22. The third-order valence-electron chi connectivity index (χ3n) is 11.9. The summed E-state index contributed by atoms with van der Waals surface area (Å²) in [5.41, 5.74) is 14.4. The predicted octanol–water partition coefficient (Wildman–Crippen LogP) is 13.0. The lowest BCUT2D eigenvalue weighted by Crippen LogP contribution is -2.33. The SMILES string of the molecule is C=Cc1c/c(=C(/NC(CCC)CCC)c2cc(N(C)c3ccc4[nH]c5cc(C(C)CC)sc5c4c3)c(C)s2)c(C)c/c1=C\C(C)(C)CC.C=O.NC1CCCCC1. The highest BCUT2D eigenvalue weighted by molar-refractivity contribution is 7.20. The zero-order chi connectivity index (χ0) is 41.9. The number of benzene rings is 2. The van der Waals surface area contributed by atoms with E-state index in [1.165, 1.54) is 106 Å². The van der Waals surface area contributed by atoms with E-state index in [1.54, 1.807) is 0 Å². The van der Waals surface area contributed by atoms with Crippen LogP contribution in [-0.2, 0) is 4.79 Å². The van der Waals surface area contributed by atoms with Crippen molar-refractivity contribution in [1.82, 2.24) is 10.3 Å². The lowest BCUT2D eigenvalue weighted by molar-refractivity contribution is -0.0980. The Hall–Kier alpha value is -3.65. The van der Waals surface area contributed by atoms with Crippen LogP contribution < -0.4 is 26.4 Å². The number of H-pyrrole nitrogens is 1. The summed E-state index contributed by atoms with van der Waals surface area (Å²) in [5, 5.41) is 7.96. The first-order valence-electron chi connectivity index (χ1n) is 21.5. The topological polar surface area (TPSA) is 74.1 Å². The molecule has 5 nitrogen and oxygen atoms in total. The quantitative estimate of drug-likeness (QED) is 0.104. The van der Waals surface area contributed by atoms with Crippen molar-refractivity contribution >= 4 is 79.8 Å². The normalized spacial score (nSPS) is 14.9. The van der Waals surface area contributed by atoms with Gasteiger partial charge in [-0.2, -0.15) is 0 Å². The number of aromatic nitrogens is 1. The number of rotatable bonds is 14. The van der Waals surface area contributed by atoms with Gasteiger partial charge in [0.25, 0.3) is 0 Å². The van der Waals surface area contributed by atoms with Crippen molar-refractivity contribution in [3.8, 4) is 0 Å². The number of anilines is 2. The third-order valence-corrected chi connectivity index (χ3v) is 14.4. The second-order valence-electron chi connectivity index (χ2n) is 16.8. The van der Waals surface area contributed by atoms with Crippen LogP contribution in [0.25, 0.3) is 39.0 Å². The molecule has 57 heavy (non-hydrogen) atoms. The molecular formula is C50H72N4OS2. The molecule has 1 aliphatic carbocycles. The molecule has 0 radical (unpaired) electrons. The monoisotopic (exact) mass is 809 g/mol. The van der Waals surface area contributed by atoms with E-state index >= 15 is 0 Å². The Morgan fingerprint density at radius 3 is 2.25 bits per heavy atom. The van der Waals surface area contributed by atoms with Crippen LogP contribution in [0.3, 0.4) is 0 Å². The summed E-state index contributed by atoms with van der Waals surface area (Å²) >= 11 is 3.84. The average molecular weight is 809 g/mol. The molecule has 0 saturated heterocycles. The first kappa shape index (κ1) is 46.0. The number of fused-ring (bicyclic) bond motifs is 3. The molecule has 1 aliphatic rings. The van der Waals surface area contributed by atoms with Gasteiger partial charge in [-0.1, -0.05) is 105 Å². The standard InChI is InChI=1S/C43H57N3S2.C6H13N.CH2O/c1-12-17-32(18-13-2)44-41(34-22-30(15-4)31(21-28(34)7)26-43(9,10)16-5)40-25-38(29(8)47-40)46(11)33-19-20-36-35(23-33)42-37(45-36)24-39(48-42)27(6)14-3;7-6-4-2-1-3-5-6;1-2/h15,19-27,32,44-45H,4,12-14,16-18H2,1-3,5-11H3;6H,1-5,7H2;1H2/b31-26+,41-34-;;. The molecule has 0 aliphatic heterocycles. The lowest BCUT2D eigenvalue weighted by atomic mass is 9.88. The van der Waals surface area contributed by atoms with Gasteiger partial charge in [0.15, 0.2) is 0 Å². The summed E-state index contributed by atoms with van der Waals surface area (Å²) in [4.78, 5) is 18.1. The van der Waals surface area contributed by atoms with Crippen molar-refractivity contribution in [1.29, 1.82) is 0 Å². The summed E-state index contributed by atoms with van der Waals surface area (Å²) in [6.45, 7) is 26.9. The smallest absolute Gasteiger partial charge is 0.106 e. The van der Waals surface area contributed by atoms with Crippen molar-refractivity contribution in [2.45, 2.75) is 151 Å². The van der Waals surface area contributed by atoms with E-state index in [9.17, 15) is 0 Å². The van der Waals surface area contributed by atoms with Gasteiger partial charge < -0.3 is 25.7 Å². The minimum atomic E-state index is 0.128. The van der Waals surface area contributed by atoms with Crippen LogP contribution in [0.1, 0.15) is 151 Å².